The third-order valence-electron chi connectivity index (χ3n) is 1.35. The van der Waals surface area contributed by atoms with E-state index in [2.05, 4.69) is 0 Å². The summed E-state index contributed by atoms with van der Waals surface area (Å²) in [6.07, 6.45) is 0. The van der Waals surface area contributed by atoms with E-state index < -0.39 is 0 Å². The molecule has 0 saturated carbocycles. The topological polar surface area (TPSA) is 26.8 Å². The molecule has 0 rings (SSSR count). The lowest BCUT2D eigenvalue weighted by atomic mass is 10.5. The highest BCUT2D eigenvalue weighted by Gasteiger charge is 2.09. The first kappa shape index (κ1) is 11.4. The van der Waals surface area contributed by atoms with Gasteiger partial charge in [0.25, 0.3) is 0 Å². The smallest absolute Gasteiger partial charge is 0.221 e. The van der Waals surface area contributed by atoms with Crippen LogP contribution < -0.4 is 0 Å². The minimum atomic E-state index is 0.109. The van der Waals surface area contributed by atoms with Crippen LogP contribution in [-0.2, 0) is 4.79 Å². The summed E-state index contributed by atoms with van der Waals surface area (Å²) >= 11 is 0. The second kappa shape index (κ2) is 5.11. The quantitative estimate of drug-likeness (QED) is 0.554. The zero-order chi connectivity index (χ0) is 9.72. The monoisotopic (exact) mass is 173 g/mol. The Labute approximate surface area is 74.7 Å². The number of carbonyl (C=O) groups excluding carboxylic acids is 1. The Morgan fingerprint density at radius 2 is 1.33 bits per heavy atom. The van der Waals surface area contributed by atoms with Gasteiger partial charge in [-0.25, -0.2) is 0 Å². The van der Waals surface area contributed by atoms with Crippen molar-refractivity contribution in [2.24, 2.45) is 0 Å². The third-order valence-corrected chi connectivity index (χ3v) is 1.35. The molecule has 0 heterocycles. The highest BCUT2D eigenvalue weighted by Crippen LogP contribution is 1.92. The molecular weight excluding hydrogens is 154 g/mol. The summed E-state index contributed by atoms with van der Waals surface area (Å²) in [5.41, 5.74) is 0. The van der Waals surface area contributed by atoms with Crippen LogP contribution in [0.5, 0.6) is 0 Å². The predicted molar refractivity (Wildman–Crippen MR) is 49.6 cm³/mol. The van der Waals surface area contributed by atoms with Gasteiger partial charge in [0.1, 0.15) is 0 Å². The molecule has 0 saturated heterocycles. The molecule has 4 nitrogen and oxygen atoms in total. The van der Waals surface area contributed by atoms with E-state index in [4.69, 9.17) is 0 Å². The molecule has 12 heavy (non-hydrogen) atoms. The predicted octanol–water partition coefficient (Wildman–Crippen LogP) is -0.127. The number of hydrogen-bond donors (Lipinski definition) is 0. The first-order valence-corrected chi connectivity index (χ1v) is 3.98. The first-order chi connectivity index (χ1) is 5.43. The minimum absolute atomic E-state index is 0.109. The average Bonchev–Trinajstić information content (AvgIpc) is 1.83. The molecular formula is C8H19N3O. The fraction of sp³-hybridized carbons (Fsp3) is 0.875. The maximum Gasteiger partial charge on any atom is 0.221 e. The molecule has 0 aromatic carbocycles. The summed E-state index contributed by atoms with van der Waals surface area (Å²) in [6, 6.07) is 0. The van der Waals surface area contributed by atoms with Gasteiger partial charge in [-0.1, -0.05) is 0 Å². The Balaban J connectivity index is 3.96. The van der Waals surface area contributed by atoms with Crippen LogP contribution in [0.25, 0.3) is 0 Å². The molecule has 0 aromatic heterocycles. The number of hydrogen-bond acceptors (Lipinski definition) is 3. The summed E-state index contributed by atoms with van der Waals surface area (Å²) in [5, 5.41) is 0. The lowest BCUT2D eigenvalue weighted by Gasteiger charge is -2.27. The Morgan fingerprint density at radius 1 is 1.00 bits per heavy atom. The van der Waals surface area contributed by atoms with Crippen molar-refractivity contribution in [3.05, 3.63) is 0 Å². The normalized spacial score (nSPS) is 10.9. The van der Waals surface area contributed by atoms with E-state index in [1.807, 2.05) is 38.0 Å². The Bertz CT molecular complexity index is 135. The number of nitrogens with zero attached hydrogens (tertiary/aromatic N) is 3. The van der Waals surface area contributed by atoms with Crippen molar-refractivity contribution >= 4 is 5.91 Å². The summed E-state index contributed by atoms with van der Waals surface area (Å²) < 4.78 is 0. The van der Waals surface area contributed by atoms with Crippen LogP contribution in [0, 0.1) is 0 Å². The van der Waals surface area contributed by atoms with E-state index in [9.17, 15) is 4.79 Å². The highest BCUT2D eigenvalue weighted by atomic mass is 16.2. The first-order valence-electron chi connectivity index (χ1n) is 3.98. The van der Waals surface area contributed by atoms with Crippen molar-refractivity contribution < 1.29 is 4.79 Å². The van der Waals surface area contributed by atoms with Crippen molar-refractivity contribution in [2.45, 2.75) is 6.92 Å². The molecule has 0 unspecified atom stereocenters. The summed E-state index contributed by atoms with van der Waals surface area (Å²) in [5.74, 6) is 0.109. The largest absolute Gasteiger partial charge is 0.317 e. The molecule has 4 heteroatoms. The van der Waals surface area contributed by atoms with Gasteiger partial charge in [0.2, 0.25) is 5.91 Å². The van der Waals surface area contributed by atoms with Gasteiger partial charge in [0.05, 0.1) is 13.3 Å². The summed E-state index contributed by atoms with van der Waals surface area (Å²) in [4.78, 5) is 16.8. The fourth-order valence-electron chi connectivity index (χ4n) is 0.927. The van der Waals surface area contributed by atoms with Crippen molar-refractivity contribution in [3.63, 3.8) is 0 Å². The second-order valence-corrected chi connectivity index (χ2v) is 3.50. The average molecular weight is 173 g/mol. The van der Waals surface area contributed by atoms with Crippen molar-refractivity contribution in [1.29, 1.82) is 0 Å². The highest BCUT2D eigenvalue weighted by molar-refractivity contribution is 5.73. The maximum absolute atomic E-state index is 11.1. The zero-order valence-corrected chi connectivity index (χ0v) is 8.66. The minimum Gasteiger partial charge on any atom is -0.317 e. The second-order valence-electron chi connectivity index (χ2n) is 3.50. The lowest BCUT2D eigenvalue weighted by molar-refractivity contribution is -0.132. The summed E-state index contributed by atoms with van der Waals surface area (Å²) in [7, 11) is 7.80. The van der Waals surface area contributed by atoms with Gasteiger partial charge in [-0.3, -0.25) is 14.6 Å². The number of rotatable bonds is 4. The molecule has 0 aliphatic heterocycles. The molecule has 0 aliphatic rings. The number of carbonyl (C=O) groups is 1. The van der Waals surface area contributed by atoms with Crippen molar-refractivity contribution in [1.82, 2.24) is 14.7 Å². The van der Waals surface area contributed by atoms with Crippen LogP contribution in [-0.4, -0.2) is 62.1 Å². The molecule has 0 radical (unpaired) electrons. The van der Waals surface area contributed by atoms with Crippen LogP contribution in [0.15, 0.2) is 0 Å². The van der Waals surface area contributed by atoms with Gasteiger partial charge >= 0.3 is 0 Å². The molecule has 0 aliphatic carbocycles. The maximum atomic E-state index is 11.1. The van der Waals surface area contributed by atoms with E-state index in [0.29, 0.717) is 13.3 Å². The van der Waals surface area contributed by atoms with Gasteiger partial charge in [0.15, 0.2) is 0 Å². The van der Waals surface area contributed by atoms with Gasteiger partial charge in [-0.15, -0.1) is 0 Å². The van der Waals surface area contributed by atoms with E-state index >= 15 is 0 Å². The molecule has 72 valence electrons. The lowest BCUT2D eigenvalue weighted by Crippen LogP contribution is -2.42. The van der Waals surface area contributed by atoms with Crippen LogP contribution in [0.2, 0.25) is 0 Å². The van der Waals surface area contributed by atoms with Crippen molar-refractivity contribution in [2.75, 3.05) is 41.5 Å². The van der Waals surface area contributed by atoms with Crippen LogP contribution in [0.1, 0.15) is 6.92 Å². The molecule has 0 fully saturated rings. The van der Waals surface area contributed by atoms with E-state index in [0.717, 1.165) is 0 Å². The van der Waals surface area contributed by atoms with Crippen LogP contribution in [0.4, 0.5) is 0 Å². The van der Waals surface area contributed by atoms with Gasteiger partial charge in [0, 0.05) is 6.92 Å². The molecule has 0 atom stereocenters. The van der Waals surface area contributed by atoms with Gasteiger partial charge in [-0.2, -0.15) is 0 Å². The number of amides is 1. The van der Waals surface area contributed by atoms with Gasteiger partial charge < -0.3 is 4.90 Å². The van der Waals surface area contributed by atoms with E-state index in [1.54, 1.807) is 11.8 Å². The molecule has 1 amide bonds. The Morgan fingerprint density at radius 3 is 1.50 bits per heavy atom. The Hall–Kier alpha value is -0.610. The van der Waals surface area contributed by atoms with E-state index in [-0.39, 0.29) is 5.91 Å². The van der Waals surface area contributed by atoms with Gasteiger partial charge in [-0.05, 0) is 28.2 Å². The van der Waals surface area contributed by atoms with E-state index in [1.165, 1.54) is 0 Å². The molecule has 0 spiro atoms. The Kier molecular flexibility index (Phi) is 4.85. The summed E-state index contributed by atoms with van der Waals surface area (Å²) in [6.45, 7) is 2.94. The van der Waals surface area contributed by atoms with Crippen molar-refractivity contribution in [3.8, 4) is 0 Å². The standard InChI is InChI=1S/C8H19N3O/c1-8(12)11(6-9(2)3)7-10(4)5/h6-7H2,1-5H3. The van der Waals surface area contributed by atoms with Crippen LogP contribution >= 0.6 is 0 Å². The molecule has 0 aromatic rings. The SMILES string of the molecule is CC(=O)N(CN(C)C)CN(C)C. The zero-order valence-electron chi connectivity index (χ0n) is 8.66. The molecule has 0 bridgehead atoms. The third kappa shape index (κ3) is 5.09. The molecule has 0 N–H and O–H groups in total. The fourth-order valence-corrected chi connectivity index (χ4v) is 0.927. The van der Waals surface area contributed by atoms with Crippen LogP contribution in [0.3, 0.4) is 0 Å².